The van der Waals surface area contributed by atoms with Gasteiger partial charge in [-0.05, 0) is 93.7 Å². The first-order valence-electron chi connectivity index (χ1n) is 13.1. The van der Waals surface area contributed by atoms with Crippen LogP contribution in [0.3, 0.4) is 0 Å². The first-order valence-corrected chi connectivity index (χ1v) is 13.1. The standard InChI is InChI=1S/C29H44N2O6/c1-32-24-18-22(19-25(33-2)28(24)36-5)10-7-12-30-14-9-15-31(17-16-30)13-8-11-23-20-26(34-3)29(37-6)27(21-23)35-4/h18-21H,7-17H2,1-6H3. The second kappa shape index (κ2) is 14.8. The Kier molecular flexibility index (Phi) is 11.5. The second-order valence-electron chi connectivity index (χ2n) is 9.31. The number of ether oxygens (including phenoxy) is 6. The molecule has 0 atom stereocenters. The van der Waals surface area contributed by atoms with Crippen molar-refractivity contribution in [2.24, 2.45) is 0 Å². The van der Waals surface area contributed by atoms with Crippen LogP contribution in [-0.4, -0.2) is 91.7 Å². The summed E-state index contributed by atoms with van der Waals surface area (Å²) < 4.78 is 32.9. The molecule has 0 radical (unpaired) electrons. The molecule has 0 spiro atoms. The summed E-state index contributed by atoms with van der Waals surface area (Å²) >= 11 is 0. The van der Waals surface area contributed by atoms with Gasteiger partial charge in [-0.15, -0.1) is 0 Å². The van der Waals surface area contributed by atoms with Crippen molar-refractivity contribution in [2.75, 3.05) is 81.9 Å². The largest absolute Gasteiger partial charge is 0.493 e. The molecule has 2 aromatic rings. The summed E-state index contributed by atoms with van der Waals surface area (Å²) in [5.74, 6) is 4.16. The average molecular weight is 517 g/mol. The Bertz CT molecular complexity index is 855. The van der Waals surface area contributed by atoms with Crippen LogP contribution in [0.2, 0.25) is 0 Å². The number of nitrogens with zero attached hydrogens (tertiary/aromatic N) is 2. The van der Waals surface area contributed by atoms with E-state index in [4.69, 9.17) is 28.4 Å². The van der Waals surface area contributed by atoms with Crippen LogP contribution in [0, 0.1) is 0 Å². The zero-order chi connectivity index (χ0) is 26.6. The Morgan fingerprint density at radius 3 is 1.16 bits per heavy atom. The number of hydrogen-bond donors (Lipinski definition) is 0. The number of hydrogen-bond acceptors (Lipinski definition) is 8. The highest BCUT2D eigenvalue weighted by molar-refractivity contribution is 5.54. The summed E-state index contributed by atoms with van der Waals surface area (Å²) in [5.41, 5.74) is 2.41. The van der Waals surface area contributed by atoms with Gasteiger partial charge in [0.1, 0.15) is 0 Å². The molecule has 8 nitrogen and oxygen atoms in total. The maximum absolute atomic E-state index is 5.50. The van der Waals surface area contributed by atoms with Gasteiger partial charge >= 0.3 is 0 Å². The summed E-state index contributed by atoms with van der Waals surface area (Å²) in [7, 11) is 9.92. The smallest absolute Gasteiger partial charge is 0.203 e. The van der Waals surface area contributed by atoms with Crippen LogP contribution >= 0.6 is 0 Å². The minimum absolute atomic E-state index is 0.645. The van der Waals surface area contributed by atoms with E-state index in [-0.39, 0.29) is 0 Å². The van der Waals surface area contributed by atoms with E-state index in [0.717, 1.165) is 65.0 Å². The van der Waals surface area contributed by atoms with Crippen molar-refractivity contribution < 1.29 is 28.4 Å². The SMILES string of the molecule is COc1cc(CCCN2CCCN(CCCc3cc(OC)c(OC)c(OC)c3)CC2)cc(OC)c1OC. The van der Waals surface area contributed by atoms with Crippen LogP contribution in [0.25, 0.3) is 0 Å². The zero-order valence-corrected chi connectivity index (χ0v) is 23.4. The maximum atomic E-state index is 5.50. The summed E-state index contributed by atoms with van der Waals surface area (Å²) in [4.78, 5) is 5.19. The zero-order valence-electron chi connectivity index (χ0n) is 23.4. The molecule has 1 saturated heterocycles. The van der Waals surface area contributed by atoms with Crippen LogP contribution in [0.4, 0.5) is 0 Å². The third kappa shape index (κ3) is 7.82. The fourth-order valence-corrected chi connectivity index (χ4v) is 5.04. The van der Waals surface area contributed by atoms with E-state index in [0.29, 0.717) is 34.5 Å². The van der Waals surface area contributed by atoms with E-state index in [2.05, 4.69) is 34.1 Å². The van der Waals surface area contributed by atoms with Crippen LogP contribution in [0.5, 0.6) is 34.5 Å². The molecule has 1 fully saturated rings. The second-order valence-corrected chi connectivity index (χ2v) is 9.31. The minimum Gasteiger partial charge on any atom is -0.493 e. The van der Waals surface area contributed by atoms with Crippen molar-refractivity contribution in [3.63, 3.8) is 0 Å². The van der Waals surface area contributed by atoms with Gasteiger partial charge in [0.25, 0.3) is 0 Å². The lowest BCUT2D eigenvalue weighted by Gasteiger charge is -2.22. The third-order valence-corrected chi connectivity index (χ3v) is 7.01. The van der Waals surface area contributed by atoms with E-state index in [1.54, 1.807) is 42.7 Å². The van der Waals surface area contributed by atoms with Gasteiger partial charge in [-0.1, -0.05) is 0 Å². The highest BCUT2D eigenvalue weighted by atomic mass is 16.5. The molecule has 0 N–H and O–H groups in total. The Morgan fingerprint density at radius 1 is 0.514 bits per heavy atom. The van der Waals surface area contributed by atoms with E-state index < -0.39 is 0 Å². The lowest BCUT2D eigenvalue weighted by Crippen LogP contribution is -2.32. The van der Waals surface area contributed by atoms with Crippen LogP contribution < -0.4 is 28.4 Å². The average Bonchev–Trinajstić information content (AvgIpc) is 3.16. The van der Waals surface area contributed by atoms with E-state index in [9.17, 15) is 0 Å². The summed E-state index contributed by atoms with van der Waals surface area (Å²) in [6.45, 7) is 6.71. The highest BCUT2D eigenvalue weighted by Gasteiger charge is 2.17. The van der Waals surface area contributed by atoms with Crippen molar-refractivity contribution in [1.82, 2.24) is 9.80 Å². The molecule has 2 aromatic carbocycles. The minimum atomic E-state index is 0.645. The molecule has 8 heteroatoms. The maximum Gasteiger partial charge on any atom is 0.203 e. The van der Waals surface area contributed by atoms with Gasteiger partial charge in [-0.25, -0.2) is 0 Å². The van der Waals surface area contributed by atoms with Crippen LogP contribution in [-0.2, 0) is 12.8 Å². The third-order valence-electron chi connectivity index (χ3n) is 7.01. The van der Waals surface area contributed by atoms with E-state index in [1.165, 1.54) is 17.5 Å². The molecular weight excluding hydrogens is 472 g/mol. The molecule has 0 aromatic heterocycles. The number of aryl methyl sites for hydroxylation is 2. The number of rotatable bonds is 14. The lowest BCUT2D eigenvalue weighted by molar-refractivity contribution is 0.253. The molecule has 1 heterocycles. The summed E-state index contributed by atoms with van der Waals surface area (Å²) in [6, 6.07) is 8.22. The normalized spacial score (nSPS) is 14.6. The summed E-state index contributed by atoms with van der Waals surface area (Å²) in [5, 5.41) is 0. The van der Waals surface area contributed by atoms with Crippen molar-refractivity contribution >= 4 is 0 Å². The lowest BCUT2D eigenvalue weighted by atomic mass is 10.1. The van der Waals surface area contributed by atoms with Gasteiger partial charge in [-0.2, -0.15) is 0 Å². The molecule has 206 valence electrons. The fourth-order valence-electron chi connectivity index (χ4n) is 5.04. The Balaban J connectivity index is 1.44. The van der Waals surface area contributed by atoms with Crippen molar-refractivity contribution in [1.29, 1.82) is 0 Å². The summed E-state index contributed by atoms with van der Waals surface area (Å²) in [6.07, 6.45) is 5.35. The van der Waals surface area contributed by atoms with Crippen molar-refractivity contribution in [3.8, 4) is 34.5 Å². The van der Waals surface area contributed by atoms with Gasteiger partial charge in [0.2, 0.25) is 11.5 Å². The topological polar surface area (TPSA) is 61.9 Å². The van der Waals surface area contributed by atoms with Gasteiger partial charge in [0.15, 0.2) is 23.0 Å². The van der Waals surface area contributed by atoms with E-state index in [1.807, 2.05) is 0 Å². The predicted octanol–water partition coefficient (Wildman–Crippen LogP) is 4.31. The first kappa shape index (κ1) is 28.7. The van der Waals surface area contributed by atoms with Crippen LogP contribution in [0.1, 0.15) is 30.4 Å². The molecule has 0 saturated carbocycles. The number of benzene rings is 2. The highest BCUT2D eigenvalue weighted by Crippen LogP contribution is 2.39. The van der Waals surface area contributed by atoms with Gasteiger partial charge in [0, 0.05) is 13.1 Å². The molecule has 0 unspecified atom stereocenters. The van der Waals surface area contributed by atoms with Crippen LogP contribution in [0.15, 0.2) is 24.3 Å². The molecule has 3 rings (SSSR count). The molecule has 0 aliphatic carbocycles. The monoisotopic (exact) mass is 516 g/mol. The molecular formula is C29H44N2O6. The molecule has 1 aliphatic heterocycles. The first-order chi connectivity index (χ1) is 18.1. The van der Waals surface area contributed by atoms with Gasteiger partial charge in [0.05, 0.1) is 42.7 Å². The fraction of sp³-hybridized carbons (Fsp3) is 0.586. The Morgan fingerprint density at radius 2 is 0.865 bits per heavy atom. The number of methoxy groups -OCH3 is 6. The van der Waals surface area contributed by atoms with Gasteiger partial charge < -0.3 is 38.2 Å². The van der Waals surface area contributed by atoms with E-state index >= 15 is 0 Å². The molecule has 1 aliphatic rings. The van der Waals surface area contributed by atoms with Crippen molar-refractivity contribution in [3.05, 3.63) is 35.4 Å². The molecule has 0 amide bonds. The molecule has 37 heavy (non-hydrogen) atoms. The quantitative estimate of drug-likeness (QED) is 0.368. The van der Waals surface area contributed by atoms with Crippen molar-refractivity contribution in [2.45, 2.75) is 32.1 Å². The van der Waals surface area contributed by atoms with Gasteiger partial charge in [-0.3, -0.25) is 0 Å². The Labute approximate surface area is 222 Å². The predicted molar refractivity (Wildman–Crippen MR) is 146 cm³/mol. The Hall–Kier alpha value is -2.84. The molecule has 0 bridgehead atoms.